The lowest BCUT2D eigenvalue weighted by atomic mass is 10.1. The number of aryl methyl sites for hydroxylation is 1. The molecule has 0 aliphatic heterocycles. The number of aromatic amines is 1. The van der Waals surface area contributed by atoms with Gasteiger partial charge in [0.15, 0.2) is 5.65 Å². The van der Waals surface area contributed by atoms with Crippen LogP contribution in [0.25, 0.3) is 43.9 Å². The second-order valence-electron chi connectivity index (χ2n) is 8.27. The topological polar surface area (TPSA) is 99.7 Å². The van der Waals surface area contributed by atoms with Crippen molar-refractivity contribution >= 4 is 39.1 Å². The van der Waals surface area contributed by atoms with E-state index in [-0.39, 0.29) is 5.56 Å². The first kappa shape index (κ1) is 23.1. The van der Waals surface area contributed by atoms with E-state index in [2.05, 4.69) is 45.1 Å². The molecule has 0 amide bonds. The molecule has 0 saturated heterocycles. The van der Waals surface area contributed by atoms with Crippen molar-refractivity contribution in [2.75, 3.05) is 31.5 Å². The minimum absolute atomic E-state index is 0.206. The van der Waals surface area contributed by atoms with E-state index < -0.39 is 0 Å². The van der Waals surface area contributed by atoms with Crippen LogP contribution in [-0.2, 0) is 0 Å². The van der Waals surface area contributed by atoms with Gasteiger partial charge in [0.2, 0.25) is 0 Å². The molecule has 178 valence electrons. The van der Waals surface area contributed by atoms with Gasteiger partial charge in [-0.25, -0.2) is 15.0 Å². The minimum Gasteiger partial charge on any atom is -0.379 e. The van der Waals surface area contributed by atoms with Gasteiger partial charge in [-0.1, -0.05) is 26.0 Å². The van der Waals surface area contributed by atoms with Crippen LogP contribution in [0.15, 0.2) is 53.6 Å². The van der Waals surface area contributed by atoms with Crippen LogP contribution in [0, 0.1) is 6.92 Å². The van der Waals surface area contributed by atoms with Crippen LogP contribution < -0.4 is 10.9 Å². The monoisotopic (exact) mass is 485 g/mol. The number of anilines is 1. The molecular weight excluding hydrogens is 458 g/mol. The molecule has 35 heavy (non-hydrogen) atoms. The number of nitrogens with one attached hydrogen (secondary N) is 2. The zero-order chi connectivity index (χ0) is 24.4. The SMILES string of the molecule is CCN(CC)CCNc1cc2nc(-c3ccc4ncccc4c3)c(-c3cnc(C)s3)nc2[nH]c1=O. The largest absolute Gasteiger partial charge is 0.379 e. The lowest BCUT2D eigenvalue weighted by Gasteiger charge is -2.18. The maximum absolute atomic E-state index is 12.8. The van der Waals surface area contributed by atoms with Crippen LogP contribution >= 0.6 is 11.3 Å². The number of benzene rings is 1. The van der Waals surface area contributed by atoms with Crippen LogP contribution in [0.1, 0.15) is 18.9 Å². The number of aromatic nitrogens is 5. The Morgan fingerprint density at radius 2 is 1.89 bits per heavy atom. The Morgan fingerprint density at radius 1 is 1.03 bits per heavy atom. The van der Waals surface area contributed by atoms with E-state index in [1.807, 2.05) is 37.4 Å². The Kier molecular flexibility index (Phi) is 6.52. The molecule has 0 radical (unpaired) electrons. The van der Waals surface area contributed by atoms with Crippen molar-refractivity contribution in [3.05, 3.63) is 64.2 Å². The predicted molar refractivity (Wildman–Crippen MR) is 143 cm³/mol. The van der Waals surface area contributed by atoms with E-state index in [4.69, 9.17) is 9.97 Å². The number of thiazole rings is 1. The first-order valence-corrected chi connectivity index (χ1v) is 12.6. The second-order valence-corrected chi connectivity index (χ2v) is 9.51. The van der Waals surface area contributed by atoms with Gasteiger partial charge in [-0.15, -0.1) is 11.3 Å². The first-order chi connectivity index (χ1) is 17.1. The molecule has 8 nitrogen and oxygen atoms in total. The molecule has 2 N–H and O–H groups in total. The molecule has 1 aromatic carbocycles. The van der Waals surface area contributed by atoms with Crippen molar-refractivity contribution in [1.82, 2.24) is 29.8 Å². The average molecular weight is 486 g/mol. The van der Waals surface area contributed by atoms with Gasteiger partial charge in [-0.2, -0.15) is 0 Å². The molecular formula is C26H27N7OS. The molecule has 0 spiro atoms. The lowest BCUT2D eigenvalue weighted by molar-refractivity contribution is 0.316. The van der Waals surface area contributed by atoms with Gasteiger partial charge in [0.1, 0.15) is 16.9 Å². The quantitative estimate of drug-likeness (QED) is 0.328. The lowest BCUT2D eigenvalue weighted by Crippen LogP contribution is -2.29. The molecule has 4 heterocycles. The predicted octanol–water partition coefficient (Wildman–Crippen LogP) is 4.72. The molecule has 0 aliphatic carbocycles. The molecule has 9 heteroatoms. The number of hydrogen-bond acceptors (Lipinski definition) is 8. The second kappa shape index (κ2) is 9.89. The number of pyridine rings is 2. The summed E-state index contributed by atoms with van der Waals surface area (Å²) in [6.45, 7) is 9.71. The third-order valence-corrected chi connectivity index (χ3v) is 6.97. The highest BCUT2D eigenvalue weighted by Crippen LogP contribution is 2.34. The Morgan fingerprint density at radius 3 is 2.66 bits per heavy atom. The van der Waals surface area contributed by atoms with E-state index >= 15 is 0 Å². The molecule has 0 fully saturated rings. The number of nitrogens with zero attached hydrogens (tertiary/aromatic N) is 5. The Balaban J connectivity index is 1.61. The fourth-order valence-electron chi connectivity index (χ4n) is 4.10. The highest BCUT2D eigenvalue weighted by molar-refractivity contribution is 7.15. The minimum atomic E-state index is -0.206. The Labute approximate surface area is 207 Å². The van der Waals surface area contributed by atoms with Crippen LogP contribution in [0.2, 0.25) is 0 Å². The van der Waals surface area contributed by atoms with Gasteiger partial charge >= 0.3 is 0 Å². The molecule has 0 bridgehead atoms. The summed E-state index contributed by atoms with van der Waals surface area (Å²) in [7, 11) is 0. The molecule has 0 aliphatic rings. The zero-order valence-electron chi connectivity index (χ0n) is 20.0. The summed E-state index contributed by atoms with van der Waals surface area (Å²) in [4.78, 5) is 37.6. The molecule has 5 aromatic rings. The van der Waals surface area contributed by atoms with Gasteiger partial charge in [0, 0.05) is 36.4 Å². The normalized spacial score (nSPS) is 11.5. The molecule has 4 aromatic heterocycles. The van der Waals surface area contributed by atoms with Crippen LogP contribution in [0.4, 0.5) is 5.69 Å². The van der Waals surface area contributed by atoms with Gasteiger partial charge in [-0.3, -0.25) is 9.78 Å². The molecule has 0 saturated carbocycles. The van der Waals surface area contributed by atoms with E-state index in [9.17, 15) is 4.79 Å². The van der Waals surface area contributed by atoms with Crippen molar-refractivity contribution in [3.63, 3.8) is 0 Å². The fourth-order valence-corrected chi connectivity index (χ4v) is 4.87. The number of hydrogen-bond donors (Lipinski definition) is 2. The molecule has 0 atom stereocenters. The van der Waals surface area contributed by atoms with Gasteiger partial charge in [0.25, 0.3) is 5.56 Å². The van der Waals surface area contributed by atoms with Crippen molar-refractivity contribution in [3.8, 4) is 21.8 Å². The summed E-state index contributed by atoms with van der Waals surface area (Å²) in [6.07, 6.45) is 3.59. The van der Waals surface area contributed by atoms with Gasteiger partial charge in [-0.05, 0) is 44.3 Å². The highest BCUT2D eigenvalue weighted by atomic mass is 32.1. The summed E-state index contributed by atoms with van der Waals surface area (Å²) in [5.41, 5.74) is 4.67. The fraction of sp³-hybridized carbons (Fsp3) is 0.269. The highest BCUT2D eigenvalue weighted by Gasteiger charge is 2.17. The third kappa shape index (κ3) is 4.78. The number of fused-ring (bicyclic) bond motifs is 2. The number of H-pyrrole nitrogens is 1. The summed E-state index contributed by atoms with van der Waals surface area (Å²) in [5, 5.41) is 5.24. The Hall–Kier alpha value is -3.69. The maximum Gasteiger partial charge on any atom is 0.273 e. The summed E-state index contributed by atoms with van der Waals surface area (Å²) >= 11 is 1.55. The maximum atomic E-state index is 12.8. The molecule has 5 rings (SSSR count). The van der Waals surface area contributed by atoms with Crippen molar-refractivity contribution < 1.29 is 0 Å². The average Bonchev–Trinajstić information content (AvgIpc) is 3.32. The molecule has 0 unspecified atom stereocenters. The van der Waals surface area contributed by atoms with Gasteiger partial charge in [0.05, 0.1) is 21.1 Å². The number of rotatable bonds is 8. The Bertz CT molecular complexity index is 1550. The van der Waals surface area contributed by atoms with E-state index in [1.165, 1.54) is 0 Å². The summed E-state index contributed by atoms with van der Waals surface area (Å²) in [5.74, 6) is 0. The zero-order valence-corrected chi connectivity index (χ0v) is 20.8. The van der Waals surface area contributed by atoms with E-state index in [0.717, 1.165) is 51.7 Å². The summed E-state index contributed by atoms with van der Waals surface area (Å²) < 4.78 is 0. The van der Waals surface area contributed by atoms with Gasteiger partial charge < -0.3 is 15.2 Å². The van der Waals surface area contributed by atoms with E-state index in [0.29, 0.717) is 29.1 Å². The number of likely N-dealkylation sites (N-methyl/N-ethyl adjacent to an activating group) is 1. The summed E-state index contributed by atoms with van der Waals surface area (Å²) in [6, 6.07) is 11.8. The smallest absolute Gasteiger partial charge is 0.273 e. The standard InChI is InChI=1S/C26H27N7OS/c1-4-33(5-2)12-11-28-21-14-20-25(32-26(21)34)31-24(22-15-29-16(3)35-22)23(30-20)18-8-9-19-17(13-18)7-6-10-27-19/h6-10,13-15,28H,4-5,11-12H2,1-3H3,(H,31,32,34). The van der Waals surface area contributed by atoms with Crippen LogP contribution in [0.3, 0.4) is 0 Å². The first-order valence-electron chi connectivity index (χ1n) is 11.7. The van der Waals surface area contributed by atoms with E-state index in [1.54, 1.807) is 23.6 Å². The van der Waals surface area contributed by atoms with Crippen LogP contribution in [0.5, 0.6) is 0 Å². The van der Waals surface area contributed by atoms with Crippen molar-refractivity contribution in [2.45, 2.75) is 20.8 Å². The van der Waals surface area contributed by atoms with Crippen LogP contribution in [-0.4, -0.2) is 56.0 Å². The van der Waals surface area contributed by atoms with Crippen molar-refractivity contribution in [2.24, 2.45) is 0 Å². The third-order valence-electron chi connectivity index (χ3n) is 6.05. The van der Waals surface area contributed by atoms with Crippen molar-refractivity contribution in [1.29, 1.82) is 0 Å².